The maximum atomic E-state index is 9.22. The second-order valence-electron chi connectivity index (χ2n) is 0.611. The Balaban J connectivity index is 0. The molecule has 4 radical (unpaired) electrons. The van der Waals surface area contributed by atoms with Gasteiger partial charge < -0.3 is 5.73 Å². The minimum Gasteiger partial charge on any atom is -0.370 e. The summed E-state index contributed by atoms with van der Waals surface area (Å²) in [7, 11) is 0. The number of hydrogen-bond acceptors (Lipinski definition) is 1. The molecule has 0 fully saturated rings. The van der Waals surface area contributed by atoms with Crippen LogP contribution in [0, 0.1) is 0 Å². The van der Waals surface area contributed by atoms with Crippen LogP contribution in [0.2, 0.25) is 0 Å². The Hall–Kier alpha value is 0.0129. The second kappa shape index (κ2) is 4.01. The SMILES string of the molecule is CC(N)=O.[Ge]. The normalized spacial score (nSPS) is 5.00. The van der Waals surface area contributed by atoms with Gasteiger partial charge in [0.05, 0.1) is 0 Å². The molecular formula is C2H5GeNO. The van der Waals surface area contributed by atoms with Gasteiger partial charge in [-0.1, -0.05) is 0 Å². The van der Waals surface area contributed by atoms with Crippen LogP contribution in [0.25, 0.3) is 0 Å². The zero-order valence-electron chi connectivity index (χ0n) is 2.99. The standard InChI is InChI=1S/C2H5NO.Ge/c1-2(3)4;/h1H3,(H2,3,4);. The van der Waals surface area contributed by atoms with Crippen LogP contribution in [0.1, 0.15) is 6.92 Å². The number of primary amides is 1. The molecule has 28 valence electrons. The van der Waals surface area contributed by atoms with Crippen molar-refractivity contribution >= 4 is 23.5 Å². The minimum atomic E-state index is -0.333. The van der Waals surface area contributed by atoms with Gasteiger partial charge in [-0.25, -0.2) is 0 Å². The number of nitrogens with two attached hydrogens (primary N) is 1. The van der Waals surface area contributed by atoms with E-state index in [-0.39, 0.29) is 23.5 Å². The summed E-state index contributed by atoms with van der Waals surface area (Å²) < 4.78 is 0. The number of rotatable bonds is 0. The van der Waals surface area contributed by atoms with Crippen molar-refractivity contribution in [2.24, 2.45) is 5.73 Å². The molecule has 0 aliphatic heterocycles. The van der Waals surface area contributed by atoms with Gasteiger partial charge in [0.25, 0.3) is 0 Å². The third kappa shape index (κ3) is 98400. The van der Waals surface area contributed by atoms with Crippen molar-refractivity contribution in [3.63, 3.8) is 0 Å². The molecule has 0 spiro atoms. The smallest absolute Gasteiger partial charge is 0.214 e. The average Bonchev–Trinajstić information content (AvgIpc) is 0.811. The third-order valence-electron chi connectivity index (χ3n) is 0. The number of carbonyl (C=O) groups is 1. The number of amides is 1. The van der Waals surface area contributed by atoms with E-state index in [1.54, 1.807) is 0 Å². The van der Waals surface area contributed by atoms with Crippen LogP contribution in [0.15, 0.2) is 0 Å². The first-order valence-corrected chi connectivity index (χ1v) is 0.993. The predicted molar refractivity (Wildman–Crippen MR) is 20.6 cm³/mol. The van der Waals surface area contributed by atoms with Crippen molar-refractivity contribution in [1.82, 2.24) is 0 Å². The molecule has 1 amide bonds. The van der Waals surface area contributed by atoms with Crippen LogP contribution in [-0.4, -0.2) is 23.5 Å². The molecule has 0 aliphatic carbocycles. The summed E-state index contributed by atoms with van der Waals surface area (Å²) in [5, 5.41) is 0. The Bertz CT molecular complexity index is 32.6. The van der Waals surface area contributed by atoms with Crippen LogP contribution >= 0.6 is 0 Å². The maximum absolute atomic E-state index is 9.22. The molecule has 2 nitrogen and oxygen atoms in total. The fourth-order valence-electron chi connectivity index (χ4n) is 0. The van der Waals surface area contributed by atoms with Gasteiger partial charge in [0.1, 0.15) is 0 Å². The van der Waals surface area contributed by atoms with Crippen LogP contribution in [0.4, 0.5) is 0 Å². The number of carbonyl (C=O) groups excluding carboxylic acids is 1. The van der Waals surface area contributed by atoms with Crippen LogP contribution < -0.4 is 5.73 Å². The number of hydrogen-bond donors (Lipinski definition) is 1. The van der Waals surface area contributed by atoms with Crippen molar-refractivity contribution in [3.05, 3.63) is 0 Å². The summed E-state index contributed by atoms with van der Waals surface area (Å²) in [5.74, 6) is -0.333. The summed E-state index contributed by atoms with van der Waals surface area (Å²) >= 11 is 0. The van der Waals surface area contributed by atoms with Gasteiger partial charge in [-0.2, -0.15) is 0 Å². The fourth-order valence-corrected chi connectivity index (χ4v) is 0. The molecule has 0 aliphatic rings. The van der Waals surface area contributed by atoms with E-state index in [0.29, 0.717) is 0 Å². The van der Waals surface area contributed by atoms with Gasteiger partial charge in [-0.15, -0.1) is 0 Å². The molecule has 0 atom stereocenters. The minimum absolute atomic E-state index is 0. The molecule has 0 rings (SSSR count). The zero-order chi connectivity index (χ0) is 3.58. The molecular weight excluding hydrogens is 127 g/mol. The molecule has 3 heteroatoms. The quantitative estimate of drug-likeness (QED) is 0.426. The van der Waals surface area contributed by atoms with E-state index in [1.807, 2.05) is 0 Å². The molecule has 2 N–H and O–H groups in total. The second-order valence-corrected chi connectivity index (χ2v) is 0.611. The molecule has 0 unspecified atom stereocenters. The Morgan fingerprint density at radius 3 is 1.80 bits per heavy atom. The Morgan fingerprint density at radius 2 is 1.80 bits per heavy atom. The molecule has 5 heavy (non-hydrogen) atoms. The first-order valence-electron chi connectivity index (χ1n) is 0.993. The molecule has 0 bridgehead atoms. The van der Waals surface area contributed by atoms with Gasteiger partial charge >= 0.3 is 0 Å². The molecule has 0 heterocycles. The van der Waals surface area contributed by atoms with Crippen molar-refractivity contribution in [1.29, 1.82) is 0 Å². The van der Waals surface area contributed by atoms with Crippen LogP contribution in [0.5, 0.6) is 0 Å². The predicted octanol–water partition coefficient (Wildman–Crippen LogP) is -0.889. The van der Waals surface area contributed by atoms with Crippen molar-refractivity contribution < 1.29 is 4.79 Å². The summed E-state index contributed by atoms with van der Waals surface area (Å²) in [5.41, 5.74) is 4.47. The molecule has 0 saturated carbocycles. The van der Waals surface area contributed by atoms with Crippen molar-refractivity contribution in [2.75, 3.05) is 0 Å². The maximum Gasteiger partial charge on any atom is 0.214 e. The first-order chi connectivity index (χ1) is 1.73. The third-order valence-corrected chi connectivity index (χ3v) is 0. The topological polar surface area (TPSA) is 43.1 Å². The van der Waals surface area contributed by atoms with Crippen LogP contribution in [-0.2, 0) is 4.79 Å². The molecule has 0 saturated heterocycles. The van der Waals surface area contributed by atoms with Gasteiger partial charge in [0.15, 0.2) is 0 Å². The molecule has 0 aromatic carbocycles. The van der Waals surface area contributed by atoms with Gasteiger partial charge in [-0.3, -0.25) is 4.79 Å². The van der Waals surface area contributed by atoms with Gasteiger partial charge in [0, 0.05) is 24.5 Å². The Morgan fingerprint density at radius 1 is 1.80 bits per heavy atom. The van der Waals surface area contributed by atoms with Gasteiger partial charge in [0.2, 0.25) is 5.91 Å². The van der Waals surface area contributed by atoms with E-state index in [0.717, 1.165) is 0 Å². The van der Waals surface area contributed by atoms with E-state index in [1.165, 1.54) is 6.92 Å². The van der Waals surface area contributed by atoms with Crippen molar-refractivity contribution in [2.45, 2.75) is 6.92 Å². The first kappa shape index (κ1) is 8.89. The van der Waals surface area contributed by atoms with E-state index in [2.05, 4.69) is 5.73 Å². The Kier molecular flexibility index (Phi) is 7.14. The largest absolute Gasteiger partial charge is 0.370 e. The fraction of sp³-hybridized carbons (Fsp3) is 0.500. The van der Waals surface area contributed by atoms with E-state index >= 15 is 0 Å². The molecule has 0 aromatic rings. The summed E-state index contributed by atoms with van der Waals surface area (Å²) in [6.07, 6.45) is 0. The Labute approximate surface area is 41.7 Å². The van der Waals surface area contributed by atoms with Crippen molar-refractivity contribution in [3.8, 4) is 0 Å². The monoisotopic (exact) mass is 133 g/mol. The van der Waals surface area contributed by atoms with Gasteiger partial charge in [-0.05, 0) is 0 Å². The summed E-state index contributed by atoms with van der Waals surface area (Å²) in [6, 6.07) is 0. The summed E-state index contributed by atoms with van der Waals surface area (Å²) in [4.78, 5) is 9.22. The zero-order valence-corrected chi connectivity index (χ0v) is 5.08. The average molecular weight is 132 g/mol. The van der Waals surface area contributed by atoms with E-state index in [4.69, 9.17) is 0 Å². The molecule has 0 aromatic heterocycles. The van der Waals surface area contributed by atoms with E-state index < -0.39 is 0 Å². The summed E-state index contributed by atoms with van der Waals surface area (Å²) in [6.45, 7) is 1.31. The van der Waals surface area contributed by atoms with Crippen LogP contribution in [0.3, 0.4) is 0 Å². The van der Waals surface area contributed by atoms with E-state index in [9.17, 15) is 4.79 Å².